The number of anilines is 1. The van der Waals surface area contributed by atoms with Gasteiger partial charge >= 0.3 is 6.03 Å². The molecular formula is C14H21N3O. The average Bonchev–Trinajstić information content (AvgIpc) is 2.39. The fourth-order valence-electron chi connectivity index (χ4n) is 2.19. The molecule has 1 heterocycles. The fourth-order valence-corrected chi connectivity index (χ4v) is 2.19. The van der Waals surface area contributed by atoms with Crippen molar-refractivity contribution in [2.45, 2.75) is 6.92 Å². The van der Waals surface area contributed by atoms with Gasteiger partial charge in [0.1, 0.15) is 0 Å². The van der Waals surface area contributed by atoms with Crippen LogP contribution in [-0.2, 0) is 0 Å². The fraction of sp³-hybridized carbons (Fsp3) is 0.500. The first kappa shape index (κ1) is 12.7. The predicted octanol–water partition coefficient (Wildman–Crippen LogP) is 1.80. The largest absolute Gasteiger partial charge is 0.368 e. The topological polar surface area (TPSA) is 26.8 Å². The van der Waals surface area contributed by atoms with E-state index in [1.54, 1.807) is 19.0 Å². The minimum atomic E-state index is 0.110. The quantitative estimate of drug-likeness (QED) is 0.756. The summed E-state index contributed by atoms with van der Waals surface area (Å²) in [6.45, 7) is 5.50. The lowest BCUT2D eigenvalue weighted by Crippen LogP contribution is -2.51. The Kier molecular flexibility index (Phi) is 3.75. The maximum absolute atomic E-state index is 11.8. The molecule has 0 bridgehead atoms. The van der Waals surface area contributed by atoms with E-state index in [0.717, 1.165) is 26.2 Å². The second-order valence-electron chi connectivity index (χ2n) is 4.99. The monoisotopic (exact) mass is 247 g/mol. The SMILES string of the molecule is Cc1ccc(N2CCN(C(=O)N(C)C)CC2)cc1. The zero-order valence-electron chi connectivity index (χ0n) is 11.4. The minimum absolute atomic E-state index is 0.110. The summed E-state index contributed by atoms with van der Waals surface area (Å²) in [7, 11) is 3.60. The van der Waals surface area contributed by atoms with Gasteiger partial charge in [-0.15, -0.1) is 0 Å². The first-order chi connectivity index (χ1) is 8.58. The van der Waals surface area contributed by atoms with Gasteiger partial charge in [-0.2, -0.15) is 0 Å². The van der Waals surface area contributed by atoms with Crippen LogP contribution < -0.4 is 4.90 Å². The Morgan fingerprint density at radius 2 is 1.61 bits per heavy atom. The van der Waals surface area contributed by atoms with Crippen LogP contribution in [0.4, 0.5) is 10.5 Å². The van der Waals surface area contributed by atoms with Crippen molar-refractivity contribution in [2.75, 3.05) is 45.2 Å². The summed E-state index contributed by atoms with van der Waals surface area (Å²) in [5, 5.41) is 0. The number of aryl methyl sites for hydroxylation is 1. The molecule has 0 unspecified atom stereocenters. The Hall–Kier alpha value is -1.71. The number of hydrogen-bond donors (Lipinski definition) is 0. The molecule has 0 aromatic heterocycles. The van der Waals surface area contributed by atoms with Crippen LogP contribution in [0.15, 0.2) is 24.3 Å². The highest BCUT2D eigenvalue weighted by Crippen LogP contribution is 2.17. The number of benzene rings is 1. The number of nitrogens with zero attached hydrogens (tertiary/aromatic N) is 3. The Balaban J connectivity index is 1.94. The maximum Gasteiger partial charge on any atom is 0.319 e. The van der Waals surface area contributed by atoms with Crippen molar-refractivity contribution in [3.05, 3.63) is 29.8 Å². The molecule has 0 aliphatic carbocycles. The van der Waals surface area contributed by atoms with Crippen molar-refractivity contribution in [1.82, 2.24) is 9.80 Å². The molecule has 1 aliphatic heterocycles. The smallest absolute Gasteiger partial charge is 0.319 e. The van der Waals surface area contributed by atoms with Crippen LogP contribution in [0.3, 0.4) is 0 Å². The highest BCUT2D eigenvalue weighted by Gasteiger charge is 2.21. The highest BCUT2D eigenvalue weighted by molar-refractivity contribution is 5.74. The number of hydrogen-bond acceptors (Lipinski definition) is 2. The summed E-state index contributed by atoms with van der Waals surface area (Å²) >= 11 is 0. The molecule has 1 aliphatic rings. The molecule has 1 aromatic carbocycles. The zero-order valence-corrected chi connectivity index (χ0v) is 11.4. The lowest BCUT2D eigenvalue weighted by Gasteiger charge is -2.37. The Bertz CT molecular complexity index is 406. The van der Waals surface area contributed by atoms with Crippen molar-refractivity contribution in [3.8, 4) is 0 Å². The standard InChI is InChI=1S/C14H21N3O/c1-12-4-6-13(7-5-12)16-8-10-17(11-9-16)14(18)15(2)3/h4-7H,8-11H2,1-3H3. The van der Waals surface area contributed by atoms with Crippen LogP contribution in [0, 0.1) is 6.92 Å². The number of urea groups is 1. The van der Waals surface area contributed by atoms with Crippen LogP contribution in [0.25, 0.3) is 0 Å². The molecule has 0 radical (unpaired) electrons. The summed E-state index contributed by atoms with van der Waals surface area (Å²) in [4.78, 5) is 17.7. The van der Waals surface area contributed by atoms with E-state index in [-0.39, 0.29) is 6.03 Å². The normalized spacial score (nSPS) is 15.7. The van der Waals surface area contributed by atoms with Crippen molar-refractivity contribution in [1.29, 1.82) is 0 Å². The number of carbonyl (C=O) groups is 1. The molecule has 0 spiro atoms. The zero-order chi connectivity index (χ0) is 13.1. The molecule has 1 fully saturated rings. The van der Waals surface area contributed by atoms with Gasteiger partial charge in [0.15, 0.2) is 0 Å². The summed E-state index contributed by atoms with van der Waals surface area (Å²) in [5.41, 5.74) is 2.53. The molecule has 4 nitrogen and oxygen atoms in total. The summed E-state index contributed by atoms with van der Waals surface area (Å²) in [5.74, 6) is 0. The summed E-state index contributed by atoms with van der Waals surface area (Å²) in [6.07, 6.45) is 0. The van der Waals surface area contributed by atoms with E-state index in [4.69, 9.17) is 0 Å². The van der Waals surface area contributed by atoms with E-state index in [1.807, 2.05) is 4.90 Å². The van der Waals surface area contributed by atoms with Crippen molar-refractivity contribution in [3.63, 3.8) is 0 Å². The third-order valence-electron chi connectivity index (χ3n) is 3.33. The molecule has 2 rings (SSSR count). The van der Waals surface area contributed by atoms with Gasteiger partial charge in [0.25, 0.3) is 0 Å². The van der Waals surface area contributed by atoms with Crippen LogP contribution in [0.1, 0.15) is 5.56 Å². The molecule has 4 heteroatoms. The molecule has 1 aromatic rings. The Morgan fingerprint density at radius 3 is 2.11 bits per heavy atom. The van der Waals surface area contributed by atoms with Crippen LogP contribution in [0.5, 0.6) is 0 Å². The van der Waals surface area contributed by atoms with Crippen LogP contribution >= 0.6 is 0 Å². The lowest BCUT2D eigenvalue weighted by molar-refractivity contribution is 0.168. The van der Waals surface area contributed by atoms with Gasteiger partial charge in [-0.1, -0.05) is 17.7 Å². The molecule has 98 valence electrons. The van der Waals surface area contributed by atoms with Crippen molar-refractivity contribution in [2.24, 2.45) is 0 Å². The van der Waals surface area contributed by atoms with Crippen molar-refractivity contribution < 1.29 is 4.79 Å². The molecule has 2 amide bonds. The number of amides is 2. The lowest BCUT2D eigenvalue weighted by atomic mass is 10.2. The van der Waals surface area contributed by atoms with Crippen LogP contribution in [0.2, 0.25) is 0 Å². The summed E-state index contributed by atoms with van der Waals surface area (Å²) in [6, 6.07) is 8.68. The van der Waals surface area contributed by atoms with E-state index in [0.29, 0.717) is 0 Å². The molecular weight excluding hydrogens is 226 g/mol. The summed E-state index contributed by atoms with van der Waals surface area (Å²) < 4.78 is 0. The number of piperazine rings is 1. The first-order valence-electron chi connectivity index (χ1n) is 6.36. The molecule has 0 saturated carbocycles. The van der Waals surface area contributed by atoms with Gasteiger partial charge in [0.2, 0.25) is 0 Å². The third-order valence-corrected chi connectivity index (χ3v) is 3.33. The second kappa shape index (κ2) is 5.29. The van der Waals surface area contributed by atoms with E-state index in [1.165, 1.54) is 11.3 Å². The van der Waals surface area contributed by atoms with Gasteiger partial charge in [-0.05, 0) is 19.1 Å². The molecule has 1 saturated heterocycles. The van der Waals surface area contributed by atoms with Gasteiger partial charge in [0.05, 0.1) is 0 Å². The third kappa shape index (κ3) is 2.75. The maximum atomic E-state index is 11.8. The number of rotatable bonds is 1. The second-order valence-corrected chi connectivity index (χ2v) is 4.99. The number of carbonyl (C=O) groups excluding carboxylic acids is 1. The van der Waals surface area contributed by atoms with Gasteiger partial charge in [-0.25, -0.2) is 4.79 Å². The first-order valence-corrected chi connectivity index (χ1v) is 6.36. The van der Waals surface area contributed by atoms with Crippen LogP contribution in [-0.4, -0.2) is 56.1 Å². The molecule has 0 N–H and O–H groups in total. The molecule has 0 atom stereocenters. The van der Waals surface area contributed by atoms with E-state index in [2.05, 4.69) is 36.1 Å². The van der Waals surface area contributed by atoms with Gasteiger partial charge in [0, 0.05) is 46.0 Å². The Morgan fingerprint density at radius 1 is 1.06 bits per heavy atom. The Labute approximate surface area is 109 Å². The van der Waals surface area contributed by atoms with E-state index in [9.17, 15) is 4.79 Å². The van der Waals surface area contributed by atoms with E-state index < -0.39 is 0 Å². The van der Waals surface area contributed by atoms with Gasteiger partial charge in [-0.3, -0.25) is 0 Å². The molecule has 18 heavy (non-hydrogen) atoms. The highest BCUT2D eigenvalue weighted by atomic mass is 16.2. The van der Waals surface area contributed by atoms with E-state index >= 15 is 0 Å². The van der Waals surface area contributed by atoms with Crippen molar-refractivity contribution >= 4 is 11.7 Å². The predicted molar refractivity (Wildman–Crippen MR) is 74.0 cm³/mol. The van der Waals surface area contributed by atoms with Gasteiger partial charge < -0.3 is 14.7 Å². The average molecular weight is 247 g/mol. The minimum Gasteiger partial charge on any atom is -0.368 e.